The van der Waals surface area contributed by atoms with Crippen LogP contribution in [0.5, 0.6) is 0 Å². The van der Waals surface area contributed by atoms with E-state index in [4.69, 9.17) is 5.84 Å². The van der Waals surface area contributed by atoms with Gasteiger partial charge in [0.2, 0.25) is 5.91 Å². The van der Waals surface area contributed by atoms with E-state index in [0.717, 1.165) is 11.8 Å². The molecule has 1 fully saturated rings. The second-order valence-electron chi connectivity index (χ2n) is 7.24. The van der Waals surface area contributed by atoms with Crippen molar-refractivity contribution in [3.8, 4) is 0 Å². The Balaban J connectivity index is 1.99. The van der Waals surface area contributed by atoms with Crippen molar-refractivity contribution in [2.45, 2.75) is 38.9 Å². The van der Waals surface area contributed by atoms with Crippen molar-refractivity contribution in [1.82, 2.24) is 9.80 Å². The molecule has 1 saturated heterocycles. The smallest absolute Gasteiger partial charge is 0.344 e. The molecule has 0 spiro atoms. The van der Waals surface area contributed by atoms with Crippen LogP contribution in [-0.4, -0.2) is 53.4 Å². The lowest BCUT2D eigenvalue weighted by molar-refractivity contribution is -0.170. The molecule has 0 saturated carbocycles. The van der Waals surface area contributed by atoms with Gasteiger partial charge in [0, 0.05) is 37.2 Å². The number of amidine groups is 1. The summed E-state index contributed by atoms with van der Waals surface area (Å²) in [6.07, 6.45) is -3.42. The zero-order valence-corrected chi connectivity index (χ0v) is 16.4. The summed E-state index contributed by atoms with van der Waals surface area (Å²) in [5.74, 6) is 0.797. The van der Waals surface area contributed by atoms with Gasteiger partial charge in [-0.25, -0.2) is 13.2 Å². The first-order valence-electron chi connectivity index (χ1n) is 9.20. The van der Waals surface area contributed by atoms with Crippen molar-refractivity contribution in [1.29, 1.82) is 0 Å². The fourth-order valence-corrected chi connectivity index (χ4v) is 3.18. The minimum atomic E-state index is -4.47. The summed E-state index contributed by atoms with van der Waals surface area (Å²) in [5, 5.41) is 3.40. The van der Waals surface area contributed by atoms with E-state index in [2.05, 4.69) is 10.8 Å². The highest BCUT2D eigenvalue weighted by Crippen LogP contribution is 2.28. The number of carbonyl (C=O) groups is 1. The third-order valence-corrected chi connectivity index (χ3v) is 4.94. The van der Waals surface area contributed by atoms with E-state index in [-0.39, 0.29) is 49.8 Å². The van der Waals surface area contributed by atoms with Gasteiger partial charge in [0.05, 0.1) is 6.54 Å². The van der Waals surface area contributed by atoms with Gasteiger partial charge in [0.25, 0.3) is 0 Å². The van der Waals surface area contributed by atoms with Crippen molar-refractivity contribution in [3.63, 3.8) is 0 Å². The van der Waals surface area contributed by atoms with E-state index in [1.165, 1.54) is 4.90 Å². The van der Waals surface area contributed by atoms with Crippen LogP contribution >= 0.6 is 0 Å². The Morgan fingerprint density at radius 3 is 2.50 bits per heavy atom. The fraction of sp³-hybridized carbons (Fsp3) is 0.526. The molecule has 2 aliphatic rings. The zero-order valence-electron chi connectivity index (χ0n) is 16.4. The van der Waals surface area contributed by atoms with Crippen molar-refractivity contribution in [3.05, 3.63) is 40.9 Å². The summed E-state index contributed by atoms with van der Waals surface area (Å²) in [4.78, 5) is 14.9. The second kappa shape index (κ2) is 9.42. The first-order chi connectivity index (χ1) is 13.9. The van der Waals surface area contributed by atoms with Gasteiger partial charge in [-0.1, -0.05) is 6.92 Å². The average Bonchev–Trinajstić information content (AvgIpc) is 2.79. The van der Waals surface area contributed by atoms with Crippen LogP contribution in [0.3, 0.4) is 0 Å². The van der Waals surface area contributed by atoms with Gasteiger partial charge < -0.3 is 15.6 Å². The van der Waals surface area contributed by atoms with Crippen molar-refractivity contribution < 1.29 is 31.1 Å². The molecule has 1 aliphatic heterocycles. The average molecular weight is 436 g/mol. The zero-order chi connectivity index (χ0) is 22.6. The van der Waals surface area contributed by atoms with Crippen LogP contribution in [0.15, 0.2) is 46.0 Å². The molecule has 0 aromatic rings. The Kier molecular flexibility index (Phi) is 7.41. The number of piperazine rings is 1. The van der Waals surface area contributed by atoms with Crippen LogP contribution in [-0.2, 0) is 4.79 Å². The van der Waals surface area contributed by atoms with E-state index in [0.29, 0.717) is 12.2 Å². The minimum Gasteiger partial charge on any atom is -0.344 e. The standard InChI is InChI=1S/C19H22F6N4O/c1-11(7-13-3-4-14(20)16(22)9-15(13)21)8-18(30)28-5-6-29(17(10-28)27-26)12(2)19(23,24)25/h4,9,11-12H,5-8,10,26H2,1-2H3. The molecule has 1 heterocycles. The largest absolute Gasteiger partial charge is 0.408 e. The van der Waals surface area contributed by atoms with Crippen LogP contribution in [0.25, 0.3) is 0 Å². The number of halogens is 6. The van der Waals surface area contributed by atoms with E-state index >= 15 is 0 Å². The number of hydrogen-bond acceptors (Lipinski definition) is 3. The Labute approximate surface area is 169 Å². The molecule has 2 rings (SSSR count). The molecule has 166 valence electrons. The topological polar surface area (TPSA) is 61.9 Å². The summed E-state index contributed by atoms with van der Waals surface area (Å²) >= 11 is 0. The molecule has 2 atom stereocenters. The predicted molar refractivity (Wildman–Crippen MR) is 98.9 cm³/mol. The number of hydrazone groups is 1. The molecule has 0 aromatic heterocycles. The summed E-state index contributed by atoms with van der Waals surface area (Å²) in [5.41, 5.74) is 2.27. The number of allylic oxidation sites excluding steroid dienone is 5. The lowest BCUT2D eigenvalue weighted by atomic mass is 9.96. The quantitative estimate of drug-likeness (QED) is 0.308. The number of carbonyl (C=O) groups excluding carboxylic acids is 1. The Morgan fingerprint density at radius 1 is 1.23 bits per heavy atom. The molecule has 1 amide bonds. The maximum atomic E-state index is 14.0. The Hall–Kier alpha value is -2.68. The van der Waals surface area contributed by atoms with E-state index in [1.807, 2.05) is 0 Å². The normalized spacial score (nSPS) is 21.4. The SMILES string of the molecule is CC(CC(=O)N1CCN(C(C)C(F)(F)F)C(=NN)C1)CC1=C=CC(F)=C(F)C=C1F. The van der Waals surface area contributed by atoms with E-state index in [9.17, 15) is 31.1 Å². The molecular weight excluding hydrogens is 414 g/mol. The van der Waals surface area contributed by atoms with Gasteiger partial charge in [0.1, 0.15) is 17.7 Å². The summed E-state index contributed by atoms with van der Waals surface area (Å²) in [6.45, 7) is 2.40. The number of alkyl halides is 3. The molecule has 0 radical (unpaired) electrons. The molecular formula is C19H22F6N4O. The summed E-state index contributed by atoms with van der Waals surface area (Å²) in [6, 6.07) is -1.80. The molecule has 0 bridgehead atoms. The Morgan fingerprint density at radius 2 is 1.90 bits per heavy atom. The predicted octanol–water partition coefficient (Wildman–Crippen LogP) is 3.87. The third-order valence-electron chi connectivity index (χ3n) is 4.94. The first-order valence-corrected chi connectivity index (χ1v) is 9.20. The number of amides is 1. The van der Waals surface area contributed by atoms with Crippen LogP contribution in [0, 0.1) is 5.92 Å². The first kappa shape index (κ1) is 23.6. The molecule has 11 heteroatoms. The van der Waals surface area contributed by atoms with Crippen molar-refractivity contribution in [2.75, 3.05) is 19.6 Å². The van der Waals surface area contributed by atoms with Gasteiger partial charge in [-0.05, 0) is 19.3 Å². The highest BCUT2D eigenvalue weighted by Gasteiger charge is 2.43. The fourth-order valence-electron chi connectivity index (χ4n) is 3.18. The van der Waals surface area contributed by atoms with E-state index in [1.54, 1.807) is 6.92 Å². The van der Waals surface area contributed by atoms with Gasteiger partial charge in [0.15, 0.2) is 11.7 Å². The minimum absolute atomic E-state index is 0.00591. The van der Waals surface area contributed by atoms with Gasteiger partial charge in [-0.2, -0.15) is 18.3 Å². The molecule has 2 N–H and O–H groups in total. The maximum Gasteiger partial charge on any atom is 0.408 e. The summed E-state index contributed by atoms with van der Waals surface area (Å²) < 4.78 is 79.4. The number of nitrogens with zero attached hydrogens (tertiary/aromatic N) is 3. The lowest BCUT2D eigenvalue weighted by Crippen LogP contribution is -2.58. The monoisotopic (exact) mass is 436 g/mol. The maximum absolute atomic E-state index is 14.0. The molecule has 2 unspecified atom stereocenters. The second-order valence-corrected chi connectivity index (χ2v) is 7.24. The Bertz CT molecular complexity index is 838. The van der Waals surface area contributed by atoms with Crippen LogP contribution in [0.4, 0.5) is 26.3 Å². The lowest BCUT2D eigenvalue weighted by Gasteiger charge is -2.40. The van der Waals surface area contributed by atoms with Crippen LogP contribution < -0.4 is 5.84 Å². The van der Waals surface area contributed by atoms with E-state index < -0.39 is 35.6 Å². The summed E-state index contributed by atoms with van der Waals surface area (Å²) in [7, 11) is 0. The van der Waals surface area contributed by atoms with Gasteiger partial charge in [-0.3, -0.25) is 4.79 Å². The molecule has 5 nitrogen and oxygen atoms in total. The number of hydrogen-bond donors (Lipinski definition) is 1. The molecule has 1 aliphatic carbocycles. The van der Waals surface area contributed by atoms with Crippen LogP contribution in [0.1, 0.15) is 26.7 Å². The molecule has 30 heavy (non-hydrogen) atoms. The van der Waals surface area contributed by atoms with Gasteiger partial charge >= 0.3 is 6.18 Å². The molecule has 0 aromatic carbocycles. The highest BCUT2D eigenvalue weighted by molar-refractivity contribution is 5.89. The third kappa shape index (κ3) is 5.69. The van der Waals surface area contributed by atoms with Crippen molar-refractivity contribution in [2.24, 2.45) is 16.9 Å². The van der Waals surface area contributed by atoms with Crippen LogP contribution in [0.2, 0.25) is 0 Å². The highest BCUT2D eigenvalue weighted by atomic mass is 19.4. The number of nitrogens with two attached hydrogens (primary N) is 1. The van der Waals surface area contributed by atoms with Gasteiger partial charge in [-0.15, -0.1) is 5.73 Å². The number of rotatable bonds is 5. The van der Waals surface area contributed by atoms with Crippen molar-refractivity contribution >= 4 is 11.7 Å².